The number of hydrogen-bond donors (Lipinski definition) is 1. The topological polar surface area (TPSA) is 72.9 Å². The third-order valence-electron chi connectivity index (χ3n) is 9.00. The van der Waals surface area contributed by atoms with E-state index in [9.17, 15) is 0 Å². The highest BCUT2D eigenvalue weighted by atomic mass is 15.6. The van der Waals surface area contributed by atoms with Gasteiger partial charge in [-0.25, -0.2) is 0 Å². The highest BCUT2D eigenvalue weighted by Gasteiger charge is 2.41. The summed E-state index contributed by atoms with van der Waals surface area (Å²) in [6.07, 6.45) is 1.26. The molecule has 6 nitrogen and oxygen atoms in total. The summed E-state index contributed by atoms with van der Waals surface area (Å²) in [4.78, 5) is 4.21. The van der Waals surface area contributed by atoms with E-state index in [1.165, 1.54) is 6.42 Å². The number of rotatable bonds is 7. The smallest absolute Gasteiger partial charge is 0.205 e. The Labute approximate surface area is 265 Å². The van der Waals surface area contributed by atoms with E-state index in [4.69, 9.17) is 21.1 Å². The number of benzene rings is 5. The Morgan fingerprint density at radius 1 is 0.644 bits per heavy atom. The summed E-state index contributed by atoms with van der Waals surface area (Å²) in [6.45, 7) is 6.71. The van der Waals surface area contributed by atoms with Crippen LogP contribution in [0.15, 0.2) is 133 Å². The van der Waals surface area contributed by atoms with Crippen molar-refractivity contribution in [1.29, 1.82) is 0 Å². The van der Waals surface area contributed by atoms with Crippen LogP contribution in [0.2, 0.25) is 0 Å². The SMILES string of the molecule is CC1CC(C)CN(c2ccc(-c3ccccc3-c3nnn(C(c4ccccc4)(c4ccccc4)c4ccccc4)n3)cc2N)C1. The fraction of sp³-hybridized carbons (Fsp3) is 0.205. The Kier molecular flexibility index (Phi) is 7.64. The lowest BCUT2D eigenvalue weighted by Crippen LogP contribution is -2.39. The quantitative estimate of drug-likeness (QED) is 0.151. The monoisotopic (exact) mass is 590 g/mol. The van der Waals surface area contributed by atoms with Gasteiger partial charge in [-0.1, -0.05) is 135 Å². The molecule has 7 rings (SSSR count). The van der Waals surface area contributed by atoms with Gasteiger partial charge in [-0.2, -0.15) is 0 Å². The molecular formula is C39H38N6. The first-order valence-corrected chi connectivity index (χ1v) is 15.8. The Bertz CT molecular complexity index is 1780. The molecule has 1 aliphatic rings. The van der Waals surface area contributed by atoms with Crippen molar-refractivity contribution in [2.45, 2.75) is 25.8 Å². The predicted molar refractivity (Wildman–Crippen MR) is 183 cm³/mol. The zero-order valence-electron chi connectivity index (χ0n) is 25.8. The lowest BCUT2D eigenvalue weighted by atomic mass is 9.77. The van der Waals surface area contributed by atoms with E-state index in [-0.39, 0.29) is 0 Å². The highest BCUT2D eigenvalue weighted by Crippen LogP contribution is 2.41. The van der Waals surface area contributed by atoms with Crippen molar-refractivity contribution in [2.75, 3.05) is 23.7 Å². The molecule has 2 atom stereocenters. The Hall–Kier alpha value is -5.23. The maximum absolute atomic E-state index is 6.73. The molecule has 0 saturated carbocycles. The number of nitrogens with zero attached hydrogens (tertiary/aromatic N) is 5. The average molecular weight is 591 g/mol. The van der Waals surface area contributed by atoms with Crippen molar-refractivity contribution in [1.82, 2.24) is 20.2 Å². The van der Waals surface area contributed by atoms with Crippen molar-refractivity contribution in [3.8, 4) is 22.5 Å². The van der Waals surface area contributed by atoms with Crippen molar-refractivity contribution in [3.63, 3.8) is 0 Å². The number of tetrazole rings is 1. The van der Waals surface area contributed by atoms with Crippen LogP contribution < -0.4 is 10.6 Å². The molecular weight excluding hydrogens is 552 g/mol. The van der Waals surface area contributed by atoms with E-state index < -0.39 is 5.54 Å². The maximum atomic E-state index is 6.73. The molecule has 2 unspecified atom stereocenters. The molecule has 2 N–H and O–H groups in total. The van der Waals surface area contributed by atoms with E-state index in [1.54, 1.807) is 4.80 Å². The molecule has 0 radical (unpaired) electrons. The van der Waals surface area contributed by atoms with Crippen molar-refractivity contribution < 1.29 is 0 Å². The maximum Gasteiger partial charge on any atom is 0.205 e. The molecule has 6 heteroatoms. The summed E-state index contributed by atoms with van der Waals surface area (Å²) in [5, 5.41) is 14.6. The number of hydrogen-bond acceptors (Lipinski definition) is 5. The number of nitrogen functional groups attached to an aromatic ring is 1. The Balaban J connectivity index is 1.34. The first-order chi connectivity index (χ1) is 22.0. The van der Waals surface area contributed by atoms with Gasteiger partial charge in [0, 0.05) is 18.7 Å². The minimum atomic E-state index is -0.835. The van der Waals surface area contributed by atoms with Crippen LogP contribution in [0.25, 0.3) is 22.5 Å². The van der Waals surface area contributed by atoms with Gasteiger partial charge < -0.3 is 10.6 Å². The molecule has 5 aromatic carbocycles. The normalized spacial score (nSPS) is 16.9. The van der Waals surface area contributed by atoms with E-state index in [0.29, 0.717) is 17.7 Å². The van der Waals surface area contributed by atoms with Crippen LogP contribution in [0.1, 0.15) is 37.0 Å². The molecule has 45 heavy (non-hydrogen) atoms. The summed E-state index contributed by atoms with van der Waals surface area (Å²) in [5.74, 6) is 1.85. The molecule has 6 aromatic rings. The lowest BCUT2D eigenvalue weighted by Gasteiger charge is -2.37. The van der Waals surface area contributed by atoms with Crippen molar-refractivity contribution in [2.24, 2.45) is 11.8 Å². The number of aromatic nitrogens is 4. The zero-order chi connectivity index (χ0) is 30.8. The molecule has 1 aromatic heterocycles. The van der Waals surface area contributed by atoms with Gasteiger partial charge in [0.2, 0.25) is 5.82 Å². The number of nitrogens with two attached hydrogens (primary N) is 1. The molecule has 0 spiro atoms. The molecule has 0 bridgehead atoms. The van der Waals surface area contributed by atoms with Crippen LogP contribution in [0.5, 0.6) is 0 Å². The standard InChI is InChI=1S/C39H38N6/c1-28-24-29(2)27-44(26-28)37-23-22-30(25-36(37)40)34-20-12-13-21-35(34)38-41-43-45(42-38)39(31-14-6-3-7-15-31,32-16-8-4-9-17-32)33-18-10-5-11-19-33/h3-23,25,28-29H,24,26-27,40H2,1-2H3. The predicted octanol–water partition coefficient (Wildman–Crippen LogP) is 7.91. The highest BCUT2D eigenvalue weighted by molar-refractivity contribution is 5.84. The number of anilines is 2. The van der Waals surface area contributed by atoms with E-state index >= 15 is 0 Å². The summed E-state index contributed by atoms with van der Waals surface area (Å²) in [5.41, 5.74) is 13.9. The van der Waals surface area contributed by atoms with Gasteiger partial charge in [0.15, 0.2) is 5.54 Å². The lowest BCUT2D eigenvalue weighted by molar-refractivity contribution is 0.357. The minimum Gasteiger partial charge on any atom is -0.397 e. The number of piperidine rings is 1. The van der Waals surface area contributed by atoms with Crippen molar-refractivity contribution in [3.05, 3.63) is 150 Å². The molecule has 0 amide bonds. The van der Waals surface area contributed by atoms with Gasteiger partial charge in [0.1, 0.15) is 0 Å². The molecule has 1 aliphatic heterocycles. The van der Waals surface area contributed by atoms with Crippen LogP contribution >= 0.6 is 0 Å². The third kappa shape index (κ3) is 5.27. The van der Waals surface area contributed by atoms with Crippen LogP contribution in [0.4, 0.5) is 11.4 Å². The summed E-state index contributed by atoms with van der Waals surface area (Å²) in [7, 11) is 0. The van der Waals surface area contributed by atoms with Crippen molar-refractivity contribution >= 4 is 11.4 Å². The molecule has 2 heterocycles. The molecule has 1 saturated heterocycles. The first-order valence-electron chi connectivity index (χ1n) is 15.8. The fourth-order valence-electron chi connectivity index (χ4n) is 7.15. The molecule has 0 aliphatic carbocycles. The van der Waals surface area contributed by atoms with Gasteiger partial charge in [0.25, 0.3) is 0 Å². The Morgan fingerprint density at radius 3 is 1.69 bits per heavy atom. The van der Waals surface area contributed by atoms with Crippen LogP contribution in [0, 0.1) is 11.8 Å². The van der Waals surface area contributed by atoms with Gasteiger partial charge in [-0.05, 0) is 63.4 Å². The summed E-state index contributed by atoms with van der Waals surface area (Å²) < 4.78 is 0. The van der Waals surface area contributed by atoms with E-state index in [2.05, 4.69) is 122 Å². The van der Waals surface area contributed by atoms with Crippen LogP contribution in [-0.2, 0) is 5.54 Å². The summed E-state index contributed by atoms with van der Waals surface area (Å²) in [6, 6.07) is 45.9. The zero-order valence-corrected chi connectivity index (χ0v) is 25.8. The molecule has 224 valence electrons. The van der Waals surface area contributed by atoms with E-state index in [1.807, 2.05) is 30.3 Å². The second kappa shape index (κ2) is 12.0. The summed E-state index contributed by atoms with van der Waals surface area (Å²) >= 11 is 0. The molecule has 1 fully saturated rings. The van der Waals surface area contributed by atoms with Gasteiger partial charge in [0.05, 0.1) is 11.4 Å². The van der Waals surface area contributed by atoms with Crippen LogP contribution in [-0.4, -0.2) is 33.3 Å². The largest absolute Gasteiger partial charge is 0.397 e. The van der Waals surface area contributed by atoms with Gasteiger partial charge in [-0.3, -0.25) is 0 Å². The minimum absolute atomic E-state index is 0.555. The first kappa shape index (κ1) is 28.5. The third-order valence-corrected chi connectivity index (χ3v) is 9.00. The van der Waals surface area contributed by atoms with Gasteiger partial charge in [-0.15, -0.1) is 15.0 Å². The van der Waals surface area contributed by atoms with E-state index in [0.717, 1.165) is 57.8 Å². The van der Waals surface area contributed by atoms with Gasteiger partial charge >= 0.3 is 0 Å². The second-order valence-electron chi connectivity index (χ2n) is 12.4. The Morgan fingerprint density at radius 2 is 1.16 bits per heavy atom. The fourth-order valence-corrected chi connectivity index (χ4v) is 7.15. The second-order valence-corrected chi connectivity index (χ2v) is 12.4. The average Bonchev–Trinajstić information content (AvgIpc) is 3.56. The van der Waals surface area contributed by atoms with Crippen LogP contribution in [0.3, 0.4) is 0 Å².